The average Bonchev–Trinajstić information content (AvgIpc) is 2.93. The Morgan fingerprint density at radius 3 is 2.75 bits per heavy atom. The van der Waals surface area contributed by atoms with E-state index in [9.17, 15) is 5.11 Å². The second-order valence-electron chi connectivity index (χ2n) is 4.45. The number of pyridine rings is 2. The van der Waals surface area contributed by atoms with Gasteiger partial charge in [0.05, 0.1) is 11.2 Å². The number of rotatable bonds is 1. The molecule has 98 valence electrons. The number of hydrogen-bond donors (Lipinski definition) is 1. The van der Waals surface area contributed by atoms with Crippen molar-refractivity contribution >= 4 is 10.9 Å². The first-order chi connectivity index (χ1) is 9.83. The standard InChI is InChI=1S/C15H10N2O3/c18-12-7-14-13(19-8-20-14)6-10(12)15-9-2-1-4-16-11(9)3-5-17-15/h1-7,18H,8H2. The van der Waals surface area contributed by atoms with E-state index in [4.69, 9.17) is 9.47 Å². The van der Waals surface area contributed by atoms with Gasteiger partial charge in [0.1, 0.15) is 5.75 Å². The van der Waals surface area contributed by atoms with Crippen LogP contribution in [-0.2, 0) is 0 Å². The van der Waals surface area contributed by atoms with E-state index in [1.54, 1.807) is 24.5 Å². The number of phenols is 1. The SMILES string of the molecule is Oc1cc2c(cc1-c1nccc3ncccc13)OCO2. The fourth-order valence-corrected chi connectivity index (χ4v) is 2.34. The van der Waals surface area contributed by atoms with Gasteiger partial charge in [0.2, 0.25) is 6.79 Å². The van der Waals surface area contributed by atoms with E-state index in [1.165, 1.54) is 0 Å². The van der Waals surface area contributed by atoms with Crippen LogP contribution in [0.1, 0.15) is 0 Å². The minimum absolute atomic E-state index is 0.109. The van der Waals surface area contributed by atoms with Gasteiger partial charge in [-0.3, -0.25) is 9.97 Å². The molecule has 2 aromatic heterocycles. The minimum atomic E-state index is 0.109. The number of nitrogens with zero attached hydrogens (tertiary/aromatic N) is 2. The third-order valence-electron chi connectivity index (χ3n) is 3.28. The molecule has 0 amide bonds. The highest BCUT2D eigenvalue weighted by atomic mass is 16.7. The third kappa shape index (κ3) is 1.56. The molecule has 5 nitrogen and oxygen atoms in total. The highest BCUT2D eigenvalue weighted by molar-refractivity contribution is 5.94. The Kier molecular flexibility index (Phi) is 2.26. The highest BCUT2D eigenvalue weighted by Gasteiger charge is 2.19. The molecule has 1 aliphatic heterocycles. The molecule has 1 aliphatic rings. The van der Waals surface area contributed by atoms with Gasteiger partial charge in [0, 0.05) is 29.4 Å². The second-order valence-corrected chi connectivity index (χ2v) is 4.45. The van der Waals surface area contributed by atoms with Crippen LogP contribution in [-0.4, -0.2) is 21.9 Å². The predicted molar refractivity (Wildman–Crippen MR) is 72.8 cm³/mol. The molecule has 20 heavy (non-hydrogen) atoms. The van der Waals surface area contributed by atoms with E-state index in [1.807, 2.05) is 18.2 Å². The fraction of sp³-hybridized carbons (Fsp3) is 0.0667. The lowest BCUT2D eigenvalue weighted by Gasteiger charge is -2.08. The predicted octanol–water partition coefficient (Wildman–Crippen LogP) is 2.73. The summed E-state index contributed by atoms with van der Waals surface area (Å²) in [6, 6.07) is 8.90. The van der Waals surface area contributed by atoms with E-state index in [2.05, 4.69) is 9.97 Å². The topological polar surface area (TPSA) is 64.5 Å². The monoisotopic (exact) mass is 266 g/mol. The highest BCUT2D eigenvalue weighted by Crippen LogP contribution is 2.42. The summed E-state index contributed by atoms with van der Waals surface area (Å²) in [5.41, 5.74) is 2.11. The lowest BCUT2D eigenvalue weighted by molar-refractivity contribution is 0.174. The Hall–Kier alpha value is -2.82. The number of phenolic OH excluding ortho intramolecular Hbond substituents is 1. The maximum Gasteiger partial charge on any atom is 0.231 e. The molecule has 0 bridgehead atoms. The van der Waals surface area contributed by atoms with E-state index < -0.39 is 0 Å². The first-order valence-corrected chi connectivity index (χ1v) is 6.15. The molecule has 0 atom stereocenters. The Morgan fingerprint density at radius 2 is 1.85 bits per heavy atom. The van der Waals surface area contributed by atoms with Crippen LogP contribution >= 0.6 is 0 Å². The van der Waals surface area contributed by atoms with Gasteiger partial charge in [-0.2, -0.15) is 0 Å². The van der Waals surface area contributed by atoms with E-state index in [0.29, 0.717) is 22.8 Å². The first-order valence-electron chi connectivity index (χ1n) is 6.15. The third-order valence-corrected chi connectivity index (χ3v) is 3.28. The second kappa shape index (κ2) is 4.09. The Balaban J connectivity index is 2.00. The van der Waals surface area contributed by atoms with E-state index in [-0.39, 0.29) is 12.5 Å². The molecule has 0 radical (unpaired) electrons. The van der Waals surface area contributed by atoms with E-state index >= 15 is 0 Å². The summed E-state index contributed by atoms with van der Waals surface area (Å²) < 4.78 is 10.6. The Labute approximate surface area is 114 Å². The largest absolute Gasteiger partial charge is 0.507 e. The number of benzene rings is 1. The molecule has 0 aliphatic carbocycles. The van der Waals surface area contributed by atoms with Crippen LogP contribution in [0.3, 0.4) is 0 Å². The summed E-state index contributed by atoms with van der Waals surface area (Å²) in [5.74, 6) is 1.27. The van der Waals surface area contributed by atoms with Crippen LogP contribution in [0, 0.1) is 0 Å². The fourth-order valence-electron chi connectivity index (χ4n) is 2.34. The molecule has 1 N–H and O–H groups in total. The molecule has 0 saturated heterocycles. The van der Waals surface area contributed by atoms with Crippen LogP contribution in [0.2, 0.25) is 0 Å². The van der Waals surface area contributed by atoms with Crippen LogP contribution in [0.4, 0.5) is 0 Å². The number of fused-ring (bicyclic) bond motifs is 2. The lowest BCUT2D eigenvalue weighted by Crippen LogP contribution is -1.92. The molecule has 5 heteroatoms. The zero-order chi connectivity index (χ0) is 13.5. The summed E-state index contributed by atoms with van der Waals surface area (Å²) in [7, 11) is 0. The zero-order valence-electron chi connectivity index (χ0n) is 10.4. The minimum Gasteiger partial charge on any atom is -0.507 e. The molecular formula is C15H10N2O3. The van der Waals surface area contributed by atoms with Crippen LogP contribution in [0.5, 0.6) is 17.2 Å². The van der Waals surface area contributed by atoms with Crippen molar-refractivity contribution in [1.29, 1.82) is 0 Å². The van der Waals surface area contributed by atoms with Gasteiger partial charge in [0.25, 0.3) is 0 Å². The molecule has 0 fully saturated rings. The molecule has 1 aromatic carbocycles. The molecule has 0 saturated carbocycles. The normalized spacial score (nSPS) is 12.8. The van der Waals surface area contributed by atoms with Crippen molar-refractivity contribution in [2.75, 3.05) is 6.79 Å². The number of aromatic hydroxyl groups is 1. The number of aromatic nitrogens is 2. The van der Waals surface area contributed by atoms with Gasteiger partial charge < -0.3 is 14.6 Å². The maximum atomic E-state index is 10.2. The average molecular weight is 266 g/mol. The summed E-state index contributed by atoms with van der Waals surface area (Å²) in [6.45, 7) is 0.169. The van der Waals surface area contributed by atoms with Crippen molar-refractivity contribution in [3.05, 3.63) is 42.7 Å². The van der Waals surface area contributed by atoms with Crippen molar-refractivity contribution in [3.8, 4) is 28.5 Å². The van der Waals surface area contributed by atoms with Gasteiger partial charge in [-0.1, -0.05) is 0 Å². The van der Waals surface area contributed by atoms with Crippen LogP contribution < -0.4 is 9.47 Å². The van der Waals surface area contributed by atoms with Crippen molar-refractivity contribution in [1.82, 2.24) is 9.97 Å². The van der Waals surface area contributed by atoms with Crippen molar-refractivity contribution in [3.63, 3.8) is 0 Å². The van der Waals surface area contributed by atoms with Crippen molar-refractivity contribution in [2.45, 2.75) is 0 Å². The summed E-state index contributed by atoms with van der Waals surface area (Å²) in [4.78, 5) is 8.66. The van der Waals surface area contributed by atoms with Crippen molar-refractivity contribution in [2.24, 2.45) is 0 Å². The first kappa shape index (κ1) is 11.0. The molecule has 4 rings (SSSR count). The lowest BCUT2D eigenvalue weighted by atomic mass is 10.0. The molecule has 3 aromatic rings. The number of hydrogen-bond acceptors (Lipinski definition) is 5. The summed E-state index contributed by atoms with van der Waals surface area (Å²) >= 11 is 0. The summed E-state index contributed by atoms with van der Waals surface area (Å²) in [5, 5.41) is 11.1. The quantitative estimate of drug-likeness (QED) is 0.733. The van der Waals surface area contributed by atoms with Crippen molar-refractivity contribution < 1.29 is 14.6 Å². The van der Waals surface area contributed by atoms with E-state index in [0.717, 1.165) is 10.9 Å². The zero-order valence-corrected chi connectivity index (χ0v) is 10.4. The van der Waals surface area contributed by atoms with Gasteiger partial charge >= 0.3 is 0 Å². The Morgan fingerprint density at radius 1 is 1.00 bits per heavy atom. The van der Waals surface area contributed by atoms with Crippen LogP contribution in [0.15, 0.2) is 42.7 Å². The smallest absolute Gasteiger partial charge is 0.231 e. The van der Waals surface area contributed by atoms with Gasteiger partial charge in [-0.05, 0) is 24.3 Å². The molecule has 0 spiro atoms. The number of ether oxygens (including phenoxy) is 2. The van der Waals surface area contributed by atoms with Gasteiger partial charge in [-0.25, -0.2) is 0 Å². The van der Waals surface area contributed by atoms with Gasteiger partial charge in [0.15, 0.2) is 11.5 Å². The molecule has 3 heterocycles. The molecule has 0 unspecified atom stereocenters. The summed E-state index contributed by atoms with van der Waals surface area (Å²) in [6.07, 6.45) is 3.40. The molecular weight excluding hydrogens is 256 g/mol. The van der Waals surface area contributed by atoms with Gasteiger partial charge in [-0.15, -0.1) is 0 Å². The Bertz CT molecular complexity index is 812. The van der Waals surface area contributed by atoms with Crippen LogP contribution in [0.25, 0.3) is 22.2 Å². The maximum absolute atomic E-state index is 10.2.